The van der Waals surface area contributed by atoms with E-state index < -0.39 is 10.4 Å². The van der Waals surface area contributed by atoms with Gasteiger partial charge in [-0.15, -0.1) is 0 Å². The Morgan fingerprint density at radius 1 is 1.14 bits per heavy atom. The molecule has 0 saturated heterocycles. The molecule has 0 amide bonds. The number of hydrogen-bond donors (Lipinski definition) is 2. The van der Waals surface area contributed by atoms with E-state index in [0.717, 1.165) is 12.0 Å². The summed E-state index contributed by atoms with van der Waals surface area (Å²) in [6, 6.07) is 14.3. The molecule has 0 spiro atoms. The number of fused-ring (bicyclic) bond motifs is 1. The first-order chi connectivity index (χ1) is 9.94. The van der Waals surface area contributed by atoms with E-state index in [0.29, 0.717) is 12.8 Å². The van der Waals surface area contributed by atoms with Gasteiger partial charge in [-0.25, -0.2) is 4.18 Å². The third-order valence-electron chi connectivity index (χ3n) is 3.26. The summed E-state index contributed by atoms with van der Waals surface area (Å²) in [6.45, 7) is -0.0513. The molecule has 2 aromatic rings. The molecule has 114 valence electrons. The number of rotatable bonds is 7. The zero-order valence-electron chi connectivity index (χ0n) is 11.6. The van der Waals surface area contributed by atoms with E-state index in [9.17, 15) is 8.42 Å². The van der Waals surface area contributed by atoms with Crippen molar-refractivity contribution in [3.05, 3.63) is 48.0 Å². The third-order valence-corrected chi connectivity index (χ3v) is 3.73. The lowest BCUT2D eigenvalue weighted by Gasteiger charge is -2.12. The van der Waals surface area contributed by atoms with Gasteiger partial charge >= 0.3 is 10.4 Å². The minimum atomic E-state index is -4.35. The highest BCUT2D eigenvalue weighted by molar-refractivity contribution is 7.80. The Morgan fingerprint density at radius 3 is 2.57 bits per heavy atom. The molecule has 2 rings (SSSR count). The van der Waals surface area contributed by atoms with Crippen molar-refractivity contribution < 1.29 is 17.2 Å². The average molecular weight is 309 g/mol. The van der Waals surface area contributed by atoms with Crippen LogP contribution in [0.5, 0.6) is 0 Å². The van der Waals surface area contributed by atoms with Crippen molar-refractivity contribution in [2.24, 2.45) is 5.73 Å². The SMILES string of the molecule is NC(CCCOS(=O)(=O)O)Cc1ccc2ccccc2c1. The molecule has 0 aromatic heterocycles. The predicted octanol–water partition coefficient (Wildman–Crippen LogP) is 2.31. The molecule has 0 aliphatic rings. The maximum absolute atomic E-state index is 10.4. The second kappa shape index (κ2) is 7.00. The minimum absolute atomic E-state index is 0.0513. The van der Waals surface area contributed by atoms with Crippen molar-refractivity contribution in [1.29, 1.82) is 0 Å². The van der Waals surface area contributed by atoms with Crippen LogP contribution in [-0.2, 0) is 21.0 Å². The smallest absolute Gasteiger partial charge is 0.327 e. The number of nitrogens with two attached hydrogens (primary N) is 1. The lowest BCUT2D eigenvalue weighted by Crippen LogP contribution is -2.23. The Balaban J connectivity index is 1.85. The Bertz CT molecular complexity index is 700. The molecule has 0 radical (unpaired) electrons. The van der Waals surface area contributed by atoms with Crippen LogP contribution >= 0.6 is 0 Å². The van der Waals surface area contributed by atoms with Crippen molar-refractivity contribution in [3.8, 4) is 0 Å². The van der Waals surface area contributed by atoms with Crippen LogP contribution in [0.15, 0.2) is 42.5 Å². The summed E-state index contributed by atoms with van der Waals surface area (Å²) in [5.41, 5.74) is 7.18. The van der Waals surface area contributed by atoms with Crippen molar-refractivity contribution in [2.45, 2.75) is 25.3 Å². The van der Waals surface area contributed by atoms with E-state index in [4.69, 9.17) is 10.3 Å². The first kappa shape index (κ1) is 15.9. The Hall–Kier alpha value is -1.47. The Kier molecular flexibility index (Phi) is 5.30. The average Bonchev–Trinajstić information content (AvgIpc) is 2.42. The second-order valence-corrected chi connectivity index (χ2v) is 6.13. The third kappa shape index (κ3) is 5.43. The highest BCUT2D eigenvalue weighted by atomic mass is 32.3. The van der Waals surface area contributed by atoms with Gasteiger partial charge in [0, 0.05) is 6.04 Å². The standard InChI is InChI=1S/C15H19NO4S/c16-15(6-3-9-20-21(17,18)19)11-12-7-8-13-4-1-2-5-14(13)10-12/h1-2,4-5,7-8,10,15H,3,6,9,11,16H2,(H,17,18,19). The maximum atomic E-state index is 10.4. The van der Waals surface area contributed by atoms with Crippen LogP contribution in [0.2, 0.25) is 0 Å². The van der Waals surface area contributed by atoms with Crippen LogP contribution in [0.1, 0.15) is 18.4 Å². The topological polar surface area (TPSA) is 89.6 Å². The molecule has 6 heteroatoms. The van der Waals surface area contributed by atoms with Gasteiger partial charge in [0.05, 0.1) is 6.61 Å². The van der Waals surface area contributed by atoms with E-state index in [-0.39, 0.29) is 12.6 Å². The van der Waals surface area contributed by atoms with E-state index in [2.05, 4.69) is 34.5 Å². The van der Waals surface area contributed by atoms with Crippen LogP contribution in [-0.4, -0.2) is 25.6 Å². The maximum Gasteiger partial charge on any atom is 0.397 e. The molecule has 5 nitrogen and oxygen atoms in total. The lowest BCUT2D eigenvalue weighted by atomic mass is 10.00. The van der Waals surface area contributed by atoms with Crippen molar-refractivity contribution >= 4 is 21.2 Å². The molecule has 3 N–H and O–H groups in total. The van der Waals surface area contributed by atoms with Gasteiger partial charge in [0.25, 0.3) is 0 Å². The molecule has 0 saturated carbocycles. The van der Waals surface area contributed by atoms with E-state index >= 15 is 0 Å². The summed E-state index contributed by atoms with van der Waals surface area (Å²) in [4.78, 5) is 0. The normalized spacial score (nSPS) is 13.4. The summed E-state index contributed by atoms with van der Waals surface area (Å²) < 4.78 is 33.5. The van der Waals surface area contributed by atoms with E-state index in [1.807, 2.05) is 12.1 Å². The van der Waals surface area contributed by atoms with Crippen molar-refractivity contribution in [1.82, 2.24) is 0 Å². The largest absolute Gasteiger partial charge is 0.397 e. The van der Waals surface area contributed by atoms with Gasteiger partial charge in [-0.05, 0) is 35.6 Å². The van der Waals surface area contributed by atoms with Crippen LogP contribution in [0.3, 0.4) is 0 Å². The van der Waals surface area contributed by atoms with Crippen LogP contribution in [0.4, 0.5) is 0 Å². The molecule has 1 unspecified atom stereocenters. The zero-order chi connectivity index (χ0) is 15.3. The Labute approximate surface area is 124 Å². The van der Waals surface area contributed by atoms with Gasteiger partial charge in [-0.3, -0.25) is 4.55 Å². The molecule has 1 atom stereocenters. The molecule has 0 heterocycles. The first-order valence-corrected chi connectivity index (χ1v) is 8.16. The van der Waals surface area contributed by atoms with Crippen molar-refractivity contribution in [3.63, 3.8) is 0 Å². The van der Waals surface area contributed by atoms with E-state index in [1.54, 1.807) is 0 Å². The number of benzene rings is 2. The highest BCUT2D eigenvalue weighted by Gasteiger charge is 2.07. The first-order valence-electron chi connectivity index (χ1n) is 6.79. The summed E-state index contributed by atoms with van der Waals surface area (Å²) in [7, 11) is -4.35. The van der Waals surface area contributed by atoms with Gasteiger partial charge in [0.1, 0.15) is 0 Å². The molecule has 0 fully saturated rings. The fourth-order valence-corrected chi connectivity index (χ4v) is 2.61. The second-order valence-electron chi connectivity index (χ2n) is 5.04. The molecule has 21 heavy (non-hydrogen) atoms. The molecule has 0 bridgehead atoms. The van der Waals surface area contributed by atoms with Gasteiger partial charge in [0.2, 0.25) is 0 Å². The number of hydrogen-bond acceptors (Lipinski definition) is 4. The quantitative estimate of drug-likeness (QED) is 0.605. The minimum Gasteiger partial charge on any atom is -0.327 e. The fourth-order valence-electron chi connectivity index (χ4n) is 2.28. The highest BCUT2D eigenvalue weighted by Crippen LogP contribution is 2.17. The molecule has 0 aliphatic carbocycles. The zero-order valence-corrected chi connectivity index (χ0v) is 12.4. The van der Waals surface area contributed by atoms with Crippen LogP contribution < -0.4 is 5.73 Å². The summed E-state index contributed by atoms with van der Waals surface area (Å²) in [5.74, 6) is 0. The summed E-state index contributed by atoms with van der Waals surface area (Å²) in [6.07, 6.45) is 1.83. The van der Waals surface area contributed by atoms with Gasteiger partial charge < -0.3 is 5.73 Å². The monoisotopic (exact) mass is 309 g/mol. The van der Waals surface area contributed by atoms with Crippen LogP contribution in [0, 0.1) is 0 Å². The molecule has 2 aromatic carbocycles. The van der Waals surface area contributed by atoms with Crippen molar-refractivity contribution in [2.75, 3.05) is 6.61 Å². The molecule has 0 aliphatic heterocycles. The summed E-state index contributed by atoms with van der Waals surface area (Å²) >= 11 is 0. The van der Waals surface area contributed by atoms with Crippen LogP contribution in [0.25, 0.3) is 10.8 Å². The van der Waals surface area contributed by atoms with Gasteiger partial charge in [-0.2, -0.15) is 8.42 Å². The fraction of sp³-hybridized carbons (Fsp3) is 0.333. The molecular formula is C15H19NO4S. The van der Waals surface area contributed by atoms with Gasteiger partial charge in [-0.1, -0.05) is 42.5 Å². The Morgan fingerprint density at radius 2 is 1.86 bits per heavy atom. The predicted molar refractivity (Wildman–Crippen MR) is 82.4 cm³/mol. The summed E-state index contributed by atoms with van der Waals surface area (Å²) in [5, 5.41) is 2.37. The lowest BCUT2D eigenvalue weighted by molar-refractivity contribution is 0.259. The van der Waals surface area contributed by atoms with Gasteiger partial charge in [0.15, 0.2) is 0 Å². The van der Waals surface area contributed by atoms with E-state index in [1.165, 1.54) is 10.8 Å². The molecular weight excluding hydrogens is 290 g/mol.